The molecule has 40 heavy (non-hydrogen) atoms. The van der Waals surface area contributed by atoms with E-state index in [9.17, 15) is 0 Å². The largest absolute Gasteiger partial charge is 0.489 e. The number of unbranched alkanes of at least 4 members (excludes halogenated alkanes) is 2. The lowest BCUT2D eigenvalue weighted by Gasteiger charge is -2.42. The summed E-state index contributed by atoms with van der Waals surface area (Å²) in [5.74, 6) is 1.91. The molecule has 3 heterocycles. The van der Waals surface area contributed by atoms with E-state index in [2.05, 4.69) is 102 Å². The molecule has 0 radical (unpaired) electrons. The fourth-order valence-corrected chi connectivity index (χ4v) is 6.26. The highest BCUT2D eigenvalue weighted by Gasteiger charge is 2.42. The number of H-pyrrole nitrogens is 2. The summed E-state index contributed by atoms with van der Waals surface area (Å²) in [5, 5.41) is 5.40. The van der Waals surface area contributed by atoms with Gasteiger partial charge in [-0.25, -0.2) is 4.98 Å². The Kier molecular flexibility index (Phi) is 7.74. The number of benzene rings is 3. The smallest absolute Gasteiger partial charge is 0.124 e. The van der Waals surface area contributed by atoms with Crippen molar-refractivity contribution in [3.8, 4) is 17.0 Å². The minimum atomic E-state index is -0.117. The summed E-state index contributed by atoms with van der Waals surface area (Å²) >= 11 is 0. The minimum absolute atomic E-state index is 0.103. The monoisotopic (exact) mass is 532 g/mol. The van der Waals surface area contributed by atoms with Crippen LogP contribution in [0.15, 0.2) is 85.1 Å². The van der Waals surface area contributed by atoms with Crippen LogP contribution in [0.1, 0.15) is 81.1 Å². The maximum atomic E-state index is 6.26. The number of nitrogens with one attached hydrogen (secondary N) is 3. The molecular weight excluding hydrogens is 492 g/mol. The van der Waals surface area contributed by atoms with Crippen molar-refractivity contribution in [2.45, 2.75) is 77.0 Å². The van der Waals surface area contributed by atoms with E-state index >= 15 is 0 Å². The van der Waals surface area contributed by atoms with Crippen molar-refractivity contribution in [3.05, 3.63) is 108 Å². The van der Waals surface area contributed by atoms with Crippen molar-refractivity contribution in [1.82, 2.24) is 20.3 Å². The number of nitrogens with zero attached hydrogens (tertiary/aromatic N) is 1. The lowest BCUT2D eigenvalue weighted by molar-refractivity contribution is 0.211. The molecule has 2 aromatic heterocycles. The van der Waals surface area contributed by atoms with Crippen LogP contribution in [0.5, 0.6) is 5.75 Å². The zero-order chi connectivity index (χ0) is 27.4. The molecule has 5 aromatic rings. The highest BCUT2D eigenvalue weighted by atomic mass is 16.5. The second kappa shape index (κ2) is 11.7. The van der Waals surface area contributed by atoms with E-state index in [1.165, 1.54) is 53.4 Å². The number of aromatic amines is 2. The van der Waals surface area contributed by atoms with Gasteiger partial charge in [0.05, 0.1) is 23.5 Å². The molecule has 1 aliphatic rings. The Balaban J connectivity index is 1.39. The fraction of sp³-hybridized carbons (Fsp3) is 0.343. The van der Waals surface area contributed by atoms with Gasteiger partial charge in [-0.05, 0) is 54.2 Å². The molecular formula is C35H40N4O. The van der Waals surface area contributed by atoms with Crippen LogP contribution in [0.25, 0.3) is 22.2 Å². The third kappa shape index (κ3) is 5.31. The summed E-state index contributed by atoms with van der Waals surface area (Å²) in [7, 11) is 0. The minimum Gasteiger partial charge on any atom is -0.489 e. The number of ether oxygens (including phenoxy) is 1. The number of fused-ring (bicyclic) bond motifs is 3. The predicted octanol–water partition coefficient (Wildman–Crippen LogP) is 8.60. The van der Waals surface area contributed by atoms with E-state index in [-0.39, 0.29) is 11.6 Å². The van der Waals surface area contributed by atoms with Crippen molar-refractivity contribution in [1.29, 1.82) is 0 Å². The molecule has 1 unspecified atom stereocenters. The van der Waals surface area contributed by atoms with Crippen LogP contribution in [0, 0.1) is 0 Å². The van der Waals surface area contributed by atoms with Gasteiger partial charge in [0, 0.05) is 16.6 Å². The third-order valence-corrected chi connectivity index (χ3v) is 8.39. The van der Waals surface area contributed by atoms with Gasteiger partial charge in [0.2, 0.25) is 0 Å². The van der Waals surface area contributed by atoms with Gasteiger partial charge in [-0.2, -0.15) is 0 Å². The van der Waals surface area contributed by atoms with Crippen molar-refractivity contribution in [2.24, 2.45) is 0 Å². The normalized spacial score (nSPS) is 16.2. The molecule has 0 saturated heterocycles. The summed E-state index contributed by atoms with van der Waals surface area (Å²) in [5.41, 5.74) is 7.22. The van der Waals surface area contributed by atoms with Gasteiger partial charge in [0.1, 0.15) is 18.2 Å². The van der Waals surface area contributed by atoms with Crippen LogP contribution in [0.3, 0.4) is 0 Å². The van der Waals surface area contributed by atoms with E-state index < -0.39 is 0 Å². The second-order valence-corrected chi connectivity index (χ2v) is 11.2. The highest BCUT2D eigenvalue weighted by Crippen LogP contribution is 2.45. The van der Waals surface area contributed by atoms with Crippen molar-refractivity contribution in [3.63, 3.8) is 0 Å². The SMILES string of the molecule is CCCCC1(CCCC)NC(c2ncc(-c3ccccc3)[nH]2)Cc2c1[nH]c1ccc(OCc3ccccc3)cc21. The van der Waals surface area contributed by atoms with Gasteiger partial charge in [0.15, 0.2) is 0 Å². The molecule has 206 valence electrons. The average molecular weight is 533 g/mol. The quantitative estimate of drug-likeness (QED) is 0.160. The van der Waals surface area contributed by atoms with Crippen LogP contribution >= 0.6 is 0 Å². The zero-order valence-corrected chi connectivity index (χ0v) is 23.7. The molecule has 0 spiro atoms. The maximum Gasteiger partial charge on any atom is 0.124 e. The summed E-state index contributed by atoms with van der Waals surface area (Å²) < 4.78 is 6.26. The first-order valence-electron chi connectivity index (χ1n) is 14.9. The molecule has 0 fully saturated rings. The van der Waals surface area contributed by atoms with Gasteiger partial charge >= 0.3 is 0 Å². The van der Waals surface area contributed by atoms with Crippen LogP contribution < -0.4 is 10.1 Å². The first-order chi connectivity index (χ1) is 19.7. The number of aromatic nitrogens is 3. The number of imidazole rings is 1. The lowest BCUT2D eigenvalue weighted by Crippen LogP contribution is -2.49. The summed E-state index contributed by atoms with van der Waals surface area (Å²) in [6, 6.07) is 27.5. The molecule has 6 rings (SSSR count). The van der Waals surface area contributed by atoms with Crippen molar-refractivity contribution in [2.75, 3.05) is 0 Å². The second-order valence-electron chi connectivity index (χ2n) is 11.2. The lowest BCUT2D eigenvalue weighted by atomic mass is 9.77. The Labute approximate surface area is 237 Å². The molecule has 0 bridgehead atoms. The molecule has 5 nitrogen and oxygen atoms in total. The Morgan fingerprint density at radius 1 is 0.875 bits per heavy atom. The number of hydrogen-bond donors (Lipinski definition) is 3. The standard InChI is InChI=1S/C35H40N4O/c1-3-5-19-35(20-6-4-2)33-29(22-31(39-35)34-36-23-32(38-34)26-15-11-8-12-16-26)28-21-27(17-18-30(28)37-33)40-24-25-13-9-7-10-14-25/h7-18,21,23,31,37,39H,3-6,19-20,22,24H2,1-2H3,(H,36,38). The number of hydrogen-bond acceptors (Lipinski definition) is 3. The van der Waals surface area contributed by atoms with E-state index in [0.29, 0.717) is 6.61 Å². The Hall–Kier alpha value is -3.83. The zero-order valence-electron chi connectivity index (χ0n) is 23.7. The molecule has 0 aliphatic carbocycles. The predicted molar refractivity (Wildman–Crippen MR) is 163 cm³/mol. The Bertz CT molecular complexity index is 1530. The topological polar surface area (TPSA) is 65.7 Å². The third-order valence-electron chi connectivity index (χ3n) is 8.39. The van der Waals surface area contributed by atoms with E-state index in [1.54, 1.807) is 0 Å². The van der Waals surface area contributed by atoms with E-state index in [4.69, 9.17) is 9.72 Å². The van der Waals surface area contributed by atoms with E-state index in [0.717, 1.165) is 42.1 Å². The molecule has 5 heteroatoms. The molecule has 3 aromatic carbocycles. The van der Waals surface area contributed by atoms with Crippen molar-refractivity contribution >= 4 is 10.9 Å². The molecule has 1 aliphatic heterocycles. The van der Waals surface area contributed by atoms with Gasteiger partial charge in [-0.1, -0.05) is 100 Å². The first-order valence-corrected chi connectivity index (χ1v) is 14.9. The average Bonchev–Trinajstić information content (AvgIpc) is 3.65. The molecule has 0 saturated carbocycles. The molecule has 1 atom stereocenters. The molecule has 3 N–H and O–H groups in total. The van der Waals surface area contributed by atoms with Crippen LogP contribution in [0.4, 0.5) is 0 Å². The van der Waals surface area contributed by atoms with Gasteiger partial charge in [-0.15, -0.1) is 0 Å². The first kappa shape index (κ1) is 26.4. The maximum absolute atomic E-state index is 6.26. The van der Waals surface area contributed by atoms with Crippen LogP contribution in [0.2, 0.25) is 0 Å². The number of rotatable bonds is 11. The van der Waals surface area contributed by atoms with Gasteiger partial charge in [0.25, 0.3) is 0 Å². The van der Waals surface area contributed by atoms with Crippen LogP contribution in [-0.2, 0) is 18.6 Å². The van der Waals surface area contributed by atoms with Gasteiger partial charge in [-0.3, -0.25) is 5.32 Å². The fourth-order valence-electron chi connectivity index (χ4n) is 6.26. The summed E-state index contributed by atoms with van der Waals surface area (Å²) in [4.78, 5) is 12.4. The highest BCUT2D eigenvalue weighted by molar-refractivity contribution is 5.87. The Morgan fingerprint density at radius 3 is 2.33 bits per heavy atom. The Morgan fingerprint density at radius 2 is 1.60 bits per heavy atom. The van der Waals surface area contributed by atoms with E-state index in [1.807, 2.05) is 12.3 Å². The van der Waals surface area contributed by atoms with Crippen LogP contribution in [-0.4, -0.2) is 15.0 Å². The molecule has 0 amide bonds. The van der Waals surface area contributed by atoms with Crippen molar-refractivity contribution < 1.29 is 4.74 Å². The summed E-state index contributed by atoms with van der Waals surface area (Å²) in [6.07, 6.45) is 9.75. The van der Waals surface area contributed by atoms with Gasteiger partial charge < -0.3 is 14.7 Å². The summed E-state index contributed by atoms with van der Waals surface area (Å²) in [6.45, 7) is 5.14.